The molecular formula is C20H31NO. The van der Waals surface area contributed by atoms with Crippen molar-refractivity contribution in [2.24, 2.45) is 5.92 Å². The van der Waals surface area contributed by atoms with Gasteiger partial charge in [0, 0.05) is 12.5 Å². The molecule has 1 saturated heterocycles. The first-order chi connectivity index (χ1) is 10.7. The molecule has 1 heterocycles. The number of piperidine rings is 1. The van der Waals surface area contributed by atoms with Crippen LogP contribution in [0.15, 0.2) is 30.3 Å². The standard InChI is InChI=1S/C20H31NO/c1-17(16-21-14-8-3-9-15-21)20(22)13-7-6-12-19(20)18-10-4-2-5-11-18/h2,4-5,10-11,17,19,22H,3,6-9,12-16H2,1H3. The molecule has 1 saturated carbocycles. The van der Waals surface area contributed by atoms with Crippen molar-refractivity contribution in [2.75, 3.05) is 19.6 Å². The van der Waals surface area contributed by atoms with Gasteiger partial charge in [0.15, 0.2) is 0 Å². The van der Waals surface area contributed by atoms with Crippen molar-refractivity contribution in [3.8, 4) is 0 Å². The van der Waals surface area contributed by atoms with E-state index >= 15 is 0 Å². The number of hydrogen-bond acceptors (Lipinski definition) is 2. The second-order valence-corrected chi connectivity index (χ2v) is 7.46. The maximum absolute atomic E-state index is 11.6. The van der Waals surface area contributed by atoms with Crippen LogP contribution in [-0.2, 0) is 0 Å². The third-order valence-electron chi connectivity index (χ3n) is 5.96. The molecule has 0 amide bonds. The van der Waals surface area contributed by atoms with Gasteiger partial charge in [0.05, 0.1) is 5.60 Å². The first-order valence-electron chi connectivity index (χ1n) is 9.20. The van der Waals surface area contributed by atoms with Crippen molar-refractivity contribution in [2.45, 2.75) is 63.4 Å². The molecule has 2 aliphatic rings. The third-order valence-corrected chi connectivity index (χ3v) is 5.96. The van der Waals surface area contributed by atoms with Gasteiger partial charge in [-0.15, -0.1) is 0 Å². The van der Waals surface area contributed by atoms with Crippen LogP contribution in [0.3, 0.4) is 0 Å². The highest BCUT2D eigenvalue weighted by Gasteiger charge is 2.44. The summed E-state index contributed by atoms with van der Waals surface area (Å²) >= 11 is 0. The fourth-order valence-electron chi connectivity index (χ4n) is 4.60. The zero-order valence-corrected chi connectivity index (χ0v) is 14.0. The van der Waals surface area contributed by atoms with Crippen molar-refractivity contribution in [3.05, 3.63) is 35.9 Å². The van der Waals surface area contributed by atoms with Gasteiger partial charge in [-0.3, -0.25) is 0 Å². The largest absolute Gasteiger partial charge is 0.389 e. The molecule has 3 rings (SSSR count). The first-order valence-corrected chi connectivity index (χ1v) is 9.20. The molecule has 1 aromatic carbocycles. The number of nitrogens with zero attached hydrogens (tertiary/aromatic N) is 1. The van der Waals surface area contributed by atoms with E-state index in [-0.39, 0.29) is 0 Å². The number of likely N-dealkylation sites (tertiary alicyclic amines) is 1. The highest BCUT2D eigenvalue weighted by atomic mass is 16.3. The van der Waals surface area contributed by atoms with E-state index < -0.39 is 5.60 Å². The second kappa shape index (κ2) is 7.14. The Morgan fingerprint density at radius 3 is 2.55 bits per heavy atom. The van der Waals surface area contributed by atoms with E-state index in [1.807, 2.05) is 0 Å². The molecule has 2 fully saturated rings. The van der Waals surface area contributed by atoms with Crippen molar-refractivity contribution >= 4 is 0 Å². The lowest BCUT2D eigenvalue weighted by molar-refractivity contribution is -0.0716. The molecular weight excluding hydrogens is 270 g/mol. The van der Waals surface area contributed by atoms with Crippen molar-refractivity contribution < 1.29 is 5.11 Å². The molecule has 3 atom stereocenters. The summed E-state index contributed by atoms with van der Waals surface area (Å²) in [5, 5.41) is 11.6. The monoisotopic (exact) mass is 301 g/mol. The first kappa shape index (κ1) is 16.0. The molecule has 0 radical (unpaired) electrons. The predicted octanol–water partition coefficient (Wildman–Crippen LogP) is 4.20. The van der Waals surface area contributed by atoms with Gasteiger partial charge in [0.25, 0.3) is 0 Å². The Balaban J connectivity index is 1.74. The van der Waals surface area contributed by atoms with E-state index in [1.165, 1.54) is 50.8 Å². The Bertz CT molecular complexity index is 454. The zero-order valence-electron chi connectivity index (χ0n) is 14.0. The normalized spacial score (nSPS) is 31.8. The Morgan fingerprint density at radius 1 is 1.09 bits per heavy atom. The summed E-state index contributed by atoms with van der Waals surface area (Å²) in [7, 11) is 0. The highest BCUT2D eigenvalue weighted by molar-refractivity contribution is 5.24. The minimum absolute atomic E-state index is 0.308. The van der Waals surface area contributed by atoms with Gasteiger partial charge in [-0.25, -0.2) is 0 Å². The van der Waals surface area contributed by atoms with Gasteiger partial charge >= 0.3 is 0 Å². The molecule has 2 nitrogen and oxygen atoms in total. The molecule has 0 aromatic heterocycles. The third kappa shape index (κ3) is 3.38. The summed E-state index contributed by atoms with van der Waals surface area (Å²) in [6.45, 7) is 5.77. The fraction of sp³-hybridized carbons (Fsp3) is 0.700. The van der Waals surface area contributed by atoms with Crippen molar-refractivity contribution in [1.82, 2.24) is 4.90 Å². The van der Waals surface area contributed by atoms with E-state index in [1.54, 1.807) is 0 Å². The van der Waals surface area contributed by atoms with Gasteiger partial charge < -0.3 is 10.0 Å². The van der Waals surface area contributed by atoms with Crippen LogP contribution in [0, 0.1) is 5.92 Å². The SMILES string of the molecule is CC(CN1CCCCC1)C1(O)CCCCC1c1ccccc1. The summed E-state index contributed by atoms with van der Waals surface area (Å²) in [5.74, 6) is 0.651. The minimum Gasteiger partial charge on any atom is -0.389 e. The molecule has 2 heteroatoms. The van der Waals surface area contributed by atoms with Crippen molar-refractivity contribution in [3.63, 3.8) is 0 Å². The number of benzene rings is 1. The van der Waals surface area contributed by atoms with Gasteiger partial charge in [0.2, 0.25) is 0 Å². The topological polar surface area (TPSA) is 23.5 Å². The summed E-state index contributed by atoms with van der Waals surface area (Å²) in [6.07, 6.45) is 8.54. The summed E-state index contributed by atoms with van der Waals surface area (Å²) in [6, 6.07) is 10.7. The molecule has 1 aliphatic carbocycles. The lowest BCUT2D eigenvalue weighted by Crippen LogP contribution is -2.49. The highest BCUT2D eigenvalue weighted by Crippen LogP contribution is 2.45. The number of rotatable bonds is 4. The van der Waals surface area contributed by atoms with Crippen LogP contribution in [0.1, 0.15) is 63.4 Å². The number of hydrogen-bond donors (Lipinski definition) is 1. The van der Waals surface area contributed by atoms with Crippen LogP contribution < -0.4 is 0 Å². The van der Waals surface area contributed by atoms with Crippen LogP contribution in [0.2, 0.25) is 0 Å². The summed E-state index contributed by atoms with van der Waals surface area (Å²) in [5.41, 5.74) is 0.798. The van der Waals surface area contributed by atoms with Gasteiger partial charge in [0.1, 0.15) is 0 Å². The smallest absolute Gasteiger partial charge is 0.0753 e. The average Bonchev–Trinajstić information content (AvgIpc) is 2.57. The Kier molecular flexibility index (Phi) is 5.20. The summed E-state index contributed by atoms with van der Waals surface area (Å²) in [4.78, 5) is 2.57. The Hall–Kier alpha value is -0.860. The van der Waals surface area contributed by atoms with Gasteiger partial charge in [-0.2, -0.15) is 0 Å². The summed E-state index contributed by atoms with van der Waals surface area (Å²) < 4.78 is 0. The van der Waals surface area contributed by atoms with Crippen LogP contribution in [0.25, 0.3) is 0 Å². The van der Waals surface area contributed by atoms with Crippen LogP contribution >= 0.6 is 0 Å². The van der Waals surface area contributed by atoms with Crippen LogP contribution in [0.4, 0.5) is 0 Å². The fourth-order valence-corrected chi connectivity index (χ4v) is 4.60. The van der Waals surface area contributed by atoms with Crippen LogP contribution in [0.5, 0.6) is 0 Å². The van der Waals surface area contributed by atoms with E-state index in [2.05, 4.69) is 42.2 Å². The Labute approximate surface area is 135 Å². The molecule has 1 aliphatic heterocycles. The molecule has 1 aromatic rings. The van der Waals surface area contributed by atoms with Gasteiger partial charge in [-0.05, 0) is 50.3 Å². The average molecular weight is 301 g/mol. The zero-order chi connectivity index (χ0) is 15.4. The van der Waals surface area contributed by atoms with Gasteiger partial charge in [-0.1, -0.05) is 56.5 Å². The lowest BCUT2D eigenvalue weighted by atomic mass is 9.66. The van der Waals surface area contributed by atoms with E-state index in [4.69, 9.17) is 0 Å². The molecule has 122 valence electrons. The van der Waals surface area contributed by atoms with E-state index in [0.717, 1.165) is 19.4 Å². The molecule has 0 bridgehead atoms. The van der Waals surface area contributed by atoms with E-state index in [0.29, 0.717) is 11.8 Å². The molecule has 22 heavy (non-hydrogen) atoms. The maximum Gasteiger partial charge on any atom is 0.0753 e. The van der Waals surface area contributed by atoms with E-state index in [9.17, 15) is 5.11 Å². The molecule has 0 spiro atoms. The number of aliphatic hydroxyl groups is 1. The lowest BCUT2D eigenvalue weighted by Gasteiger charge is -2.46. The predicted molar refractivity (Wildman–Crippen MR) is 92.1 cm³/mol. The molecule has 1 N–H and O–H groups in total. The maximum atomic E-state index is 11.6. The van der Waals surface area contributed by atoms with Crippen LogP contribution in [-0.4, -0.2) is 35.2 Å². The minimum atomic E-state index is -0.531. The molecule has 3 unspecified atom stereocenters. The second-order valence-electron chi connectivity index (χ2n) is 7.46. The van der Waals surface area contributed by atoms with Crippen molar-refractivity contribution in [1.29, 1.82) is 0 Å². The Morgan fingerprint density at radius 2 is 1.82 bits per heavy atom. The quantitative estimate of drug-likeness (QED) is 0.901.